The van der Waals surface area contributed by atoms with Crippen molar-refractivity contribution in [3.63, 3.8) is 0 Å². The second-order valence-corrected chi connectivity index (χ2v) is 8.15. The molecule has 0 aromatic heterocycles. The lowest BCUT2D eigenvalue weighted by Crippen LogP contribution is -2.55. The zero-order valence-corrected chi connectivity index (χ0v) is 13.8. The molecule has 0 saturated carbocycles. The average molecular weight is 313 g/mol. The van der Waals surface area contributed by atoms with Gasteiger partial charge in [0.25, 0.3) is 0 Å². The van der Waals surface area contributed by atoms with Gasteiger partial charge in [0.05, 0.1) is 23.2 Å². The zero-order chi connectivity index (χ0) is 15.8. The smallest absolute Gasteiger partial charge is 0.243 e. The van der Waals surface area contributed by atoms with Crippen molar-refractivity contribution in [3.05, 3.63) is 29.3 Å². The molecule has 1 heterocycles. The standard InChI is InChI=1S/C15H23NO4S/c1-11-5-6-12(2)14(7-11)21(18,19)16-8-13(9-17)20-15(3,4)10-16/h5-7,13,17H,8-10H2,1-4H3. The van der Waals surface area contributed by atoms with E-state index in [1.807, 2.05) is 32.9 Å². The van der Waals surface area contributed by atoms with E-state index in [9.17, 15) is 13.5 Å². The van der Waals surface area contributed by atoms with Gasteiger partial charge in [0.15, 0.2) is 0 Å². The first-order chi connectivity index (χ1) is 9.65. The predicted octanol–water partition coefficient (Wildman–Crippen LogP) is 1.46. The number of benzene rings is 1. The van der Waals surface area contributed by atoms with Crippen molar-refractivity contribution >= 4 is 10.0 Å². The van der Waals surface area contributed by atoms with Gasteiger partial charge in [-0.1, -0.05) is 12.1 Å². The molecule has 0 spiro atoms. The van der Waals surface area contributed by atoms with E-state index in [1.165, 1.54) is 4.31 Å². The van der Waals surface area contributed by atoms with Gasteiger partial charge in [-0.3, -0.25) is 0 Å². The number of rotatable bonds is 3. The number of nitrogens with zero attached hydrogens (tertiary/aromatic N) is 1. The van der Waals surface area contributed by atoms with Gasteiger partial charge in [0.1, 0.15) is 0 Å². The lowest BCUT2D eigenvalue weighted by molar-refractivity contribution is -0.131. The van der Waals surface area contributed by atoms with Crippen molar-refractivity contribution in [3.8, 4) is 0 Å². The molecule has 1 atom stereocenters. The highest BCUT2D eigenvalue weighted by molar-refractivity contribution is 7.89. The van der Waals surface area contributed by atoms with Crippen molar-refractivity contribution in [2.75, 3.05) is 19.7 Å². The molecule has 1 aliphatic rings. The lowest BCUT2D eigenvalue weighted by atomic mass is 10.1. The van der Waals surface area contributed by atoms with Crippen LogP contribution >= 0.6 is 0 Å². The minimum atomic E-state index is -3.59. The van der Waals surface area contributed by atoms with Crippen LogP contribution in [0, 0.1) is 13.8 Å². The third-order valence-corrected chi connectivity index (χ3v) is 5.57. The third-order valence-electron chi connectivity index (χ3n) is 3.62. The van der Waals surface area contributed by atoms with Crippen LogP contribution in [-0.2, 0) is 14.8 Å². The Hall–Kier alpha value is -0.950. The van der Waals surface area contributed by atoms with Gasteiger partial charge in [-0.25, -0.2) is 8.42 Å². The van der Waals surface area contributed by atoms with E-state index >= 15 is 0 Å². The van der Waals surface area contributed by atoms with Crippen LogP contribution in [0.25, 0.3) is 0 Å². The molecule has 1 N–H and O–H groups in total. The Morgan fingerprint density at radius 2 is 2.05 bits per heavy atom. The zero-order valence-electron chi connectivity index (χ0n) is 13.0. The van der Waals surface area contributed by atoms with Gasteiger partial charge < -0.3 is 9.84 Å². The Labute approximate surface area is 126 Å². The van der Waals surface area contributed by atoms with Crippen LogP contribution < -0.4 is 0 Å². The van der Waals surface area contributed by atoms with E-state index in [2.05, 4.69) is 0 Å². The normalized spacial score (nSPS) is 23.2. The van der Waals surface area contributed by atoms with Crippen LogP contribution in [0.3, 0.4) is 0 Å². The number of hydrogen-bond acceptors (Lipinski definition) is 4. The lowest BCUT2D eigenvalue weighted by Gasteiger charge is -2.41. The molecule has 1 saturated heterocycles. The Balaban J connectivity index is 2.41. The van der Waals surface area contributed by atoms with Crippen molar-refractivity contribution in [2.45, 2.75) is 44.3 Å². The first-order valence-corrected chi connectivity index (χ1v) is 8.46. The second kappa shape index (κ2) is 5.68. The number of ether oxygens (including phenoxy) is 1. The molecule has 1 aromatic carbocycles. The van der Waals surface area contributed by atoms with E-state index in [0.717, 1.165) is 11.1 Å². The fourth-order valence-electron chi connectivity index (χ4n) is 2.64. The van der Waals surface area contributed by atoms with Crippen molar-refractivity contribution in [1.82, 2.24) is 4.31 Å². The third kappa shape index (κ3) is 3.45. The number of sulfonamides is 1. The first-order valence-electron chi connectivity index (χ1n) is 7.02. The van der Waals surface area contributed by atoms with Crippen LogP contribution in [0.5, 0.6) is 0 Å². The van der Waals surface area contributed by atoms with Crippen LogP contribution in [-0.4, -0.2) is 49.2 Å². The van der Waals surface area contributed by atoms with E-state index < -0.39 is 21.7 Å². The van der Waals surface area contributed by atoms with E-state index in [-0.39, 0.29) is 19.7 Å². The van der Waals surface area contributed by atoms with Gasteiger partial charge in [-0.2, -0.15) is 4.31 Å². The predicted molar refractivity (Wildman–Crippen MR) is 80.7 cm³/mol. The molecular formula is C15H23NO4S. The minimum absolute atomic E-state index is 0.176. The molecule has 118 valence electrons. The van der Waals surface area contributed by atoms with E-state index in [0.29, 0.717) is 4.90 Å². The van der Waals surface area contributed by atoms with Gasteiger partial charge in [0, 0.05) is 13.1 Å². The van der Waals surface area contributed by atoms with Crippen LogP contribution in [0.2, 0.25) is 0 Å². The molecule has 0 amide bonds. The highest BCUT2D eigenvalue weighted by atomic mass is 32.2. The summed E-state index contributed by atoms with van der Waals surface area (Å²) in [4.78, 5) is 0.330. The summed E-state index contributed by atoms with van der Waals surface area (Å²) in [6.07, 6.45) is -0.492. The summed E-state index contributed by atoms with van der Waals surface area (Å²) in [5.74, 6) is 0. The molecule has 1 aromatic rings. The van der Waals surface area contributed by atoms with Gasteiger partial charge in [-0.05, 0) is 44.9 Å². The molecule has 1 fully saturated rings. The molecule has 0 bridgehead atoms. The maximum Gasteiger partial charge on any atom is 0.243 e. The van der Waals surface area contributed by atoms with Crippen LogP contribution in [0.15, 0.2) is 23.1 Å². The Morgan fingerprint density at radius 1 is 1.38 bits per heavy atom. The summed E-state index contributed by atoms with van der Waals surface area (Å²) in [6.45, 7) is 7.59. The Kier molecular flexibility index (Phi) is 4.44. The number of aliphatic hydroxyl groups is 1. The molecule has 1 unspecified atom stereocenters. The molecule has 2 rings (SSSR count). The maximum atomic E-state index is 12.9. The Morgan fingerprint density at radius 3 is 2.67 bits per heavy atom. The van der Waals surface area contributed by atoms with E-state index in [1.54, 1.807) is 13.0 Å². The maximum absolute atomic E-state index is 12.9. The highest BCUT2D eigenvalue weighted by Crippen LogP contribution is 2.28. The summed E-state index contributed by atoms with van der Waals surface area (Å²) in [7, 11) is -3.59. The van der Waals surface area contributed by atoms with Crippen molar-refractivity contribution in [1.29, 1.82) is 0 Å². The monoisotopic (exact) mass is 313 g/mol. The van der Waals surface area contributed by atoms with Gasteiger partial charge in [0.2, 0.25) is 10.0 Å². The largest absolute Gasteiger partial charge is 0.394 e. The Bertz CT molecular complexity index is 625. The minimum Gasteiger partial charge on any atom is -0.394 e. The highest BCUT2D eigenvalue weighted by Gasteiger charge is 2.39. The molecule has 0 radical (unpaired) electrons. The summed E-state index contributed by atoms with van der Waals surface area (Å²) in [5.41, 5.74) is 1.02. The number of morpholine rings is 1. The first kappa shape index (κ1) is 16.4. The quantitative estimate of drug-likeness (QED) is 0.917. The van der Waals surface area contributed by atoms with Crippen molar-refractivity contribution < 1.29 is 18.3 Å². The summed E-state index contributed by atoms with van der Waals surface area (Å²) in [5, 5.41) is 9.33. The number of aryl methyl sites for hydroxylation is 2. The van der Waals surface area contributed by atoms with E-state index in [4.69, 9.17) is 4.74 Å². The molecule has 0 aliphatic carbocycles. The molecular weight excluding hydrogens is 290 g/mol. The fourth-order valence-corrected chi connectivity index (χ4v) is 4.58. The molecule has 6 heteroatoms. The van der Waals surface area contributed by atoms with Crippen molar-refractivity contribution in [2.24, 2.45) is 0 Å². The molecule has 21 heavy (non-hydrogen) atoms. The SMILES string of the molecule is Cc1ccc(C)c(S(=O)(=O)N2CC(CO)OC(C)(C)C2)c1. The van der Waals surface area contributed by atoms with Crippen LogP contribution in [0.1, 0.15) is 25.0 Å². The number of hydrogen-bond donors (Lipinski definition) is 1. The van der Waals surface area contributed by atoms with Gasteiger partial charge in [-0.15, -0.1) is 0 Å². The average Bonchev–Trinajstić information content (AvgIpc) is 2.39. The molecule has 5 nitrogen and oxygen atoms in total. The fraction of sp³-hybridized carbons (Fsp3) is 0.600. The number of aliphatic hydroxyl groups excluding tert-OH is 1. The summed E-state index contributed by atoms with van der Waals surface area (Å²) < 4.78 is 32.9. The summed E-state index contributed by atoms with van der Waals surface area (Å²) >= 11 is 0. The topological polar surface area (TPSA) is 66.8 Å². The second-order valence-electron chi connectivity index (χ2n) is 6.25. The van der Waals surface area contributed by atoms with Gasteiger partial charge >= 0.3 is 0 Å². The van der Waals surface area contributed by atoms with Crippen LogP contribution in [0.4, 0.5) is 0 Å². The molecule has 1 aliphatic heterocycles. The summed E-state index contributed by atoms with van der Waals surface area (Å²) in [6, 6.07) is 5.41.